The van der Waals surface area contributed by atoms with Gasteiger partial charge >= 0.3 is 11.9 Å². The number of nitrogens with two attached hydrogens (primary N) is 1. The van der Waals surface area contributed by atoms with Crippen LogP contribution in [0.2, 0.25) is 5.28 Å². The third-order valence-corrected chi connectivity index (χ3v) is 5.70. The maximum atomic E-state index is 12.0. The maximum Gasteiger partial charge on any atom is 0.348 e. The van der Waals surface area contributed by atoms with Crippen LogP contribution in [-0.2, 0) is 25.5 Å². The van der Waals surface area contributed by atoms with Gasteiger partial charge in [-0.3, -0.25) is 4.57 Å². The minimum Gasteiger partial charge on any atom is -0.479 e. The van der Waals surface area contributed by atoms with Crippen LogP contribution in [0.5, 0.6) is 0 Å². The number of aliphatic hydroxyl groups excluding tert-OH is 1. The van der Waals surface area contributed by atoms with E-state index in [1.807, 2.05) is 0 Å². The summed E-state index contributed by atoms with van der Waals surface area (Å²) in [5, 5.41) is 30.1. The van der Waals surface area contributed by atoms with Crippen LogP contribution < -0.4 is 5.73 Å². The van der Waals surface area contributed by atoms with Gasteiger partial charge in [-0.05, 0) is 22.7 Å². The van der Waals surface area contributed by atoms with Crippen LogP contribution in [0, 0.1) is 0 Å². The van der Waals surface area contributed by atoms with Gasteiger partial charge in [0.1, 0.15) is 17.7 Å². The lowest BCUT2D eigenvalue weighted by molar-refractivity contribution is -0.187. The standard InChI is InChI=1S/C21H20ClN5O7/c1-10-12(8-33-21(18(29)30,19(31)32)7-11-5-3-2-4-6-11)34-17(14(10)28)27-9-24-13-15(23)25-20(22)26-16(13)27/h2-6,9,12,14,17,28H,1,7-8H2,(H,29,30)(H,31,32)(H2,23,25,26)/t12-,14-,17-/m1/s1. The summed E-state index contributed by atoms with van der Waals surface area (Å²) < 4.78 is 12.7. The van der Waals surface area contributed by atoms with E-state index in [1.165, 1.54) is 10.9 Å². The fraction of sp³-hybridized carbons (Fsp3) is 0.286. The fourth-order valence-electron chi connectivity index (χ4n) is 3.68. The van der Waals surface area contributed by atoms with Crippen molar-refractivity contribution in [3.63, 3.8) is 0 Å². The zero-order valence-electron chi connectivity index (χ0n) is 17.5. The molecule has 5 N–H and O–H groups in total. The van der Waals surface area contributed by atoms with E-state index in [9.17, 15) is 24.9 Å². The molecule has 0 amide bonds. The molecule has 0 saturated carbocycles. The normalized spacial score (nSPS) is 20.6. The van der Waals surface area contributed by atoms with Crippen molar-refractivity contribution in [2.24, 2.45) is 0 Å². The van der Waals surface area contributed by atoms with Crippen molar-refractivity contribution in [3.8, 4) is 0 Å². The van der Waals surface area contributed by atoms with E-state index in [4.69, 9.17) is 26.8 Å². The van der Waals surface area contributed by atoms with Crippen molar-refractivity contribution in [3.05, 3.63) is 59.7 Å². The van der Waals surface area contributed by atoms with Gasteiger partial charge in [0.25, 0.3) is 5.60 Å². The van der Waals surface area contributed by atoms with E-state index < -0.39 is 49.0 Å². The quantitative estimate of drug-likeness (QED) is 0.201. The third-order valence-electron chi connectivity index (χ3n) is 5.53. The van der Waals surface area contributed by atoms with Crippen LogP contribution in [0.3, 0.4) is 0 Å². The maximum absolute atomic E-state index is 12.0. The first kappa shape index (κ1) is 23.6. The second-order valence-electron chi connectivity index (χ2n) is 7.65. The van der Waals surface area contributed by atoms with Gasteiger partial charge in [-0.1, -0.05) is 36.9 Å². The summed E-state index contributed by atoms with van der Waals surface area (Å²) in [6.45, 7) is 3.30. The van der Waals surface area contributed by atoms with Crippen LogP contribution in [-0.4, -0.2) is 71.2 Å². The number of anilines is 1. The number of rotatable bonds is 8. The highest BCUT2D eigenvalue weighted by Crippen LogP contribution is 2.36. The minimum atomic E-state index is -2.58. The topological polar surface area (TPSA) is 183 Å². The number of carbonyl (C=O) groups is 2. The number of aliphatic hydroxyl groups is 1. The molecule has 3 atom stereocenters. The summed E-state index contributed by atoms with van der Waals surface area (Å²) in [6, 6.07) is 8.22. The number of imidazole rings is 1. The molecule has 2 aromatic heterocycles. The molecule has 0 radical (unpaired) electrons. The van der Waals surface area contributed by atoms with Crippen molar-refractivity contribution in [2.75, 3.05) is 12.3 Å². The number of carboxylic acids is 2. The lowest BCUT2D eigenvalue weighted by atomic mass is 9.94. The lowest BCUT2D eigenvalue weighted by Gasteiger charge is -2.27. The number of nitrogens with zero attached hydrogens (tertiary/aromatic N) is 4. The van der Waals surface area contributed by atoms with Crippen LogP contribution in [0.4, 0.5) is 5.82 Å². The van der Waals surface area contributed by atoms with Crippen molar-refractivity contribution >= 4 is 40.5 Å². The monoisotopic (exact) mass is 489 g/mol. The lowest BCUT2D eigenvalue weighted by Crippen LogP contribution is -2.52. The summed E-state index contributed by atoms with van der Waals surface area (Å²) in [5.41, 5.74) is 4.28. The molecule has 1 aliphatic heterocycles. The molecule has 12 nitrogen and oxygen atoms in total. The SMILES string of the molecule is C=C1[C@@H](O)[C@H](n2cnc3c(N)nc(Cl)nc32)O[C@@H]1COC(Cc1ccccc1)(C(=O)O)C(=O)O. The zero-order chi connectivity index (χ0) is 24.6. The second kappa shape index (κ2) is 8.99. The molecular formula is C21H20ClN5O7. The number of hydrogen-bond acceptors (Lipinski definition) is 9. The minimum absolute atomic E-state index is 0.0357. The van der Waals surface area contributed by atoms with E-state index in [0.717, 1.165) is 0 Å². The van der Waals surface area contributed by atoms with Crippen molar-refractivity contribution in [1.29, 1.82) is 0 Å². The summed E-state index contributed by atoms with van der Waals surface area (Å²) in [7, 11) is 0. The number of aliphatic carboxylic acids is 2. The van der Waals surface area contributed by atoms with Gasteiger partial charge in [0, 0.05) is 6.42 Å². The largest absolute Gasteiger partial charge is 0.479 e. The molecule has 0 aliphatic carbocycles. The number of carboxylic acid groups (broad SMARTS) is 2. The van der Waals surface area contributed by atoms with E-state index in [2.05, 4.69) is 21.5 Å². The van der Waals surface area contributed by atoms with Crippen LogP contribution in [0.15, 0.2) is 48.8 Å². The molecule has 3 aromatic rings. The molecule has 3 heterocycles. The summed E-state index contributed by atoms with van der Waals surface area (Å²) >= 11 is 5.88. The summed E-state index contributed by atoms with van der Waals surface area (Å²) in [5.74, 6) is -3.31. The molecule has 0 bridgehead atoms. The Kier molecular flexibility index (Phi) is 6.23. The Bertz CT molecular complexity index is 1250. The van der Waals surface area contributed by atoms with Crippen molar-refractivity contribution in [1.82, 2.24) is 19.5 Å². The first-order valence-electron chi connectivity index (χ1n) is 9.96. The average Bonchev–Trinajstić information content (AvgIpc) is 3.33. The summed E-state index contributed by atoms with van der Waals surface area (Å²) in [4.78, 5) is 36.0. The zero-order valence-corrected chi connectivity index (χ0v) is 18.3. The fourth-order valence-corrected chi connectivity index (χ4v) is 3.85. The van der Waals surface area contributed by atoms with E-state index >= 15 is 0 Å². The molecule has 1 aliphatic rings. The number of ether oxygens (including phenoxy) is 2. The smallest absolute Gasteiger partial charge is 0.348 e. The van der Waals surface area contributed by atoms with Gasteiger partial charge in [0.15, 0.2) is 17.7 Å². The Balaban J connectivity index is 1.58. The molecule has 0 unspecified atom stereocenters. The molecule has 1 aromatic carbocycles. The Morgan fingerprint density at radius 3 is 2.56 bits per heavy atom. The number of hydrogen-bond donors (Lipinski definition) is 4. The predicted octanol–water partition coefficient (Wildman–Crippen LogP) is 1.04. The number of fused-ring (bicyclic) bond motifs is 1. The van der Waals surface area contributed by atoms with E-state index in [1.54, 1.807) is 30.3 Å². The summed E-state index contributed by atoms with van der Waals surface area (Å²) in [6.07, 6.45) is -2.47. The van der Waals surface area contributed by atoms with Crippen LogP contribution in [0.25, 0.3) is 11.2 Å². The molecule has 1 saturated heterocycles. The number of halogens is 1. The highest BCUT2D eigenvalue weighted by atomic mass is 35.5. The number of aromatic nitrogens is 4. The number of nitrogen functional groups attached to an aromatic ring is 1. The third kappa shape index (κ3) is 4.07. The van der Waals surface area contributed by atoms with Crippen molar-refractivity contribution < 1.29 is 34.4 Å². The molecule has 13 heteroatoms. The average molecular weight is 490 g/mol. The molecular weight excluding hydrogens is 470 g/mol. The second-order valence-corrected chi connectivity index (χ2v) is 7.99. The highest BCUT2D eigenvalue weighted by Gasteiger charge is 2.50. The molecule has 0 spiro atoms. The van der Waals surface area contributed by atoms with Gasteiger partial charge in [-0.25, -0.2) is 14.6 Å². The first-order valence-corrected chi connectivity index (χ1v) is 10.3. The van der Waals surface area contributed by atoms with E-state index in [-0.39, 0.29) is 27.8 Å². The van der Waals surface area contributed by atoms with Crippen LogP contribution in [0.1, 0.15) is 11.8 Å². The highest BCUT2D eigenvalue weighted by molar-refractivity contribution is 6.28. The Hall–Kier alpha value is -3.58. The molecule has 34 heavy (non-hydrogen) atoms. The molecule has 4 rings (SSSR count). The molecule has 1 fully saturated rings. The molecule has 178 valence electrons. The van der Waals surface area contributed by atoms with Gasteiger partial charge in [0.05, 0.1) is 12.9 Å². The predicted molar refractivity (Wildman–Crippen MR) is 118 cm³/mol. The van der Waals surface area contributed by atoms with Gasteiger partial charge < -0.3 is 30.5 Å². The van der Waals surface area contributed by atoms with Gasteiger partial charge in [-0.2, -0.15) is 9.97 Å². The number of benzene rings is 1. The van der Waals surface area contributed by atoms with Gasteiger partial charge in [0.2, 0.25) is 5.28 Å². The van der Waals surface area contributed by atoms with Crippen LogP contribution >= 0.6 is 11.6 Å². The van der Waals surface area contributed by atoms with Gasteiger partial charge in [-0.15, -0.1) is 0 Å². The first-order chi connectivity index (χ1) is 16.1. The van der Waals surface area contributed by atoms with Crippen molar-refractivity contribution in [2.45, 2.75) is 30.5 Å². The Morgan fingerprint density at radius 1 is 1.24 bits per heavy atom. The van der Waals surface area contributed by atoms with E-state index in [0.29, 0.717) is 5.56 Å². The Labute approximate surface area is 197 Å². The Morgan fingerprint density at radius 2 is 1.91 bits per heavy atom.